The quantitative estimate of drug-likeness (QED) is 0.0291. The molecule has 0 spiro atoms. The van der Waals surface area contributed by atoms with Gasteiger partial charge in [0.15, 0.2) is 0 Å². The zero-order valence-corrected chi connectivity index (χ0v) is 44.8. The van der Waals surface area contributed by atoms with Gasteiger partial charge in [-0.1, -0.05) is 77.8 Å². The number of hydrogen-bond acceptors (Lipinski definition) is 16. The first-order valence-corrected chi connectivity index (χ1v) is 27.1. The maximum absolute atomic E-state index is 14.4. The Labute approximate surface area is 442 Å². The van der Waals surface area contributed by atoms with Crippen molar-refractivity contribution in [1.29, 1.82) is 0 Å². The van der Waals surface area contributed by atoms with Crippen LogP contribution in [0.5, 0.6) is 5.75 Å². The minimum absolute atomic E-state index is 0.00786. The summed E-state index contributed by atoms with van der Waals surface area (Å²) >= 11 is 0. The molecule has 1 aromatic carbocycles. The Hall–Kier alpha value is -5.01. The summed E-state index contributed by atoms with van der Waals surface area (Å²) in [6.07, 6.45) is 1.27. The fourth-order valence-corrected chi connectivity index (χ4v) is 9.64. The van der Waals surface area contributed by atoms with Gasteiger partial charge in [-0.3, -0.25) is 38.9 Å². The predicted molar refractivity (Wildman–Crippen MR) is 280 cm³/mol. The highest BCUT2D eigenvalue weighted by molar-refractivity contribution is 5.97. The maximum atomic E-state index is 14.4. The molecule has 426 valence electrons. The average Bonchev–Trinajstić information content (AvgIpc) is 4.09. The number of nitrogens with zero attached hydrogens (tertiary/aromatic N) is 2. The maximum Gasteiger partial charge on any atom is 0.248 e. The summed E-state index contributed by atoms with van der Waals surface area (Å²) in [5.41, 5.74) is 11.3. The van der Waals surface area contributed by atoms with Crippen molar-refractivity contribution in [2.45, 2.75) is 198 Å². The number of unbranched alkanes of at least 4 members (excludes halogenated alkanes) is 5. The van der Waals surface area contributed by atoms with Crippen molar-refractivity contribution in [3.05, 3.63) is 29.8 Å². The number of aliphatic hydroxyl groups is 5. The minimum atomic E-state index is -2.17. The van der Waals surface area contributed by atoms with Crippen LogP contribution in [-0.2, 0) is 33.6 Å². The molecule has 23 heteroatoms. The van der Waals surface area contributed by atoms with Gasteiger partial charge in [-0.05, 0) is 94.9 Å². The summed E-state index contributed by atoms with van der Waals surface area (Å²) in [6.45, 7) is 9.38. The summed E-state index contributed by atoms with van der Waals surface area (Å²) in [7, 11) is 0. The van der Waals surface area contributed by atoms with E-state index < -0.39 is 109 Å². The average molecular weight is 1060 g/mol. The SMILES string of the molecule is CCC(C)CC(C)CCCCCCCCC(=O)NCC(=O)N[C@H](C(=O)N1CCC[C@H]1C(=O)N[C@H](C(=O)N[C@H](C(=O)N1CCC[C@H]1C(=O)N[C@H](NCCN)[C@@H](C)O)[C@H](O)CCN)[C@@H](O)[C@H](O)c1ccc(O)cc1)[C@@H](C)O. The van der Waals surface area contributed by atoms with Gasteiger partial charge in [0.05, 0.1) is 24.9 Å². The lowest BCUT2D eigenvalue weighted by atomic mass is 9.91. The molecule has 75 heavy (non-hydrogen) atoms. The van der Waals surface area contributed by atoms with Gasteiger partial charge in [0.1, 0.15) is 54.3 Å². The zero-order valence-electron chi connectivity index (χ0n) is 44.8. The first kappa shape index (κ1) is 64.3. The van der Waals surface area contributed by atoms with Gasteiger partial charge in [-0.25, -0.2) is 0 Å². The van der Waals surface area contributed by atoms with Crippen LogP contribution < -0.4 is 43.4 Å². The van der Waals surface area contributed by atoms with Crippen molar-refractivity contribution >= 4 is 41.4 Å². The first-order chi connectivity index (χ1) is 35.6. The third-order valence-corrected chi connectivity index (χ3v) is 14.2. The molecule has 2 aliphatic rings. The Bertz CT molecular complexity index is 1950. The molecule has 1 aromatic rings. The third-order valence-electron chi connectivity index (χ3n) is 14.2. The van der Waals surface area contributed by atoms with Crippen LogP contribution in [0.2, 0.25) is 0 Å². The number of phenols is 1. The van der Waals surface area contributed by atoms with Crippen molar-refractivity contribution < 1.29 is 64.2 Å². The molecule has 7 amide bonds. The lowest BCUT2D eigenvalue weighted by Crippen LogP contribution is -2.64. The summed E-state index contributed by atoms with van der Waals surface area (Å²) in [4.78, 5) is 98.6. The normalized spacial score (nSPS) is 20.1. The second-order valence-electron chi connectivity index (χ2n) is 20.6. The van der Waals surface area contributed by atoms with Crippen LogP contribution in [0.25, 0.3) is 0 Å². The molecule has 0 saturated carbocycles. The molecule has 0 aliphatic carbocycles. The van der Waals surface area contributed by atoms with E-state index in [0.717, 1.165) is 41.4 Å². The second kappa shape index (κ2) is 33.2. The molecule has 16 N–H and O–H groups in total. The molecule has 13 atom stereocenters. The van der Waals surface area contributed by atoms with E-state index in [4.69, 9.17) is 11.5 Å². The lowest BCUT2D eigenvalue weighted by molar-refractivity contribution is -0.147. The Morgan fingerprint density at radius 1 is 0.653 bits per heavy atom. The number of nitrogens with two attached hydrogens (primary N) is 2. The van der Waals surface area contributed by atoms with E-state index in [1.807, 2.05) is 0 Å². The molecule has 0 radical (unpaired) electrons. The Morgan fingerprint density at radius 2 is 1.23 bits per heavy atom. The van der Waals surface area contributed by atoms with Crippen molar-refractivity contribution in [2.75, 3.05) is 39.3 Å². The van der Waals surface area contributed by atoms with Gasteiger partial charge in [0.2, 0.25) is 41.4 Å². The highest BCUT2D eigenvalue weighted by Gasteiger charge is 2.45. The topological polar surface area (TPSA) is 372 Å². The standard InChI is InChI=1S/C52H90N10O13/c1-6-31(2)29-32(3)15-11-9-7-8-10-12-18-40(67)56-30-41(68)57-42(33(4)63)51(74)61-27-13-16-37(61)48(71)59-44(46(70)45(69)35-19-21-36(65)22-20-35)50(73)58-43(39(66)23-24-53)52(75)62-28-14-17-38(62)49(72)60-47(34(5)64)55-26-25-54/h19-22,31-34,37-39,42-47,55,63-66,69-70H,6-18,23-30,53-54H2,1-5H3,(H,56,67)(H,57,68)(H,58,73)(H,59,71)(H,60,72)/t31?,32?,33-,34-,37+,38+,39-,42+,43+,44+,45-,46-,47+/m1/s1. The molecular weight excluding hydrogens is 973 g/mol. The zero-order chi connectivity index (χ0) is 55.8. The van der Waals surface area contributed by atoms with Crippen molar-refractivity contribution in [3.8, 4) is 5.75 Å². The Balaban J connectivity index is 1.73. The highest BCUT2D eigenvalue weighted by atomic mass is 16.3. The van der Waals surface area contributed by atoms with Crippen LogP contribution in [0.4, 0.5) is 0 Å². The largest absolute Gasteiger partial charge is 0.508 e. The molecule has 23 nitrogen and oxygen atoms in total. The van der Waals surface area contributed by atoms with Crippen LogP contribution in [0.1, 0.15) is 143 Å². The predicted octanol–water partition coefficient (Wildman–Crippen LogP) is -1.01. The number of hydrogen-bond donors (Lipinski definition) is 14. The van der Waals surface area contributed by atoms with Crippen LogP contribution in [0.15, 0.2) is 24.3 Å². The number of rotatable bonds is 34. The molecule has 0 bridgehead atoms. The summed E-state index contributed by atoms with van der Waals surface area (Å²) in [5.74, 6) is -4.48. The second-order valence-corrected chi connectivity index (χ2v) is 20.6. The van der Waals surface area contributed by atoms with Crippen molar-refractivity contribution in [3.63, 3.8) is 0 Å². The molecule has 2 fully saturated rings. The Morgan fingerprint density at radius 3 is 1.79 bits per heavy atom. The smallest absolute Gasteiger partial charge is 0.248 e. The first-order valence-electron chi connectivity index (χ1n) is 27.1. The van der Waals surface area contributed by atoms with Crippen LogP contribution in [0.3, 0.4) is 0 Å². The molecule has 0 aromatic heterocycles. The number of likely N-dealkylation sites (tertiary alicyclic amines) is 2. The van der Waals surface area contributed by atoms with E-state index in [2.05, 4.69) is 52.7 Å². The van der Waals surface area contributed by atoms with Crippen LogP contribution in [-0.4, -0.2) is 182 Å². The van der Waals surface area contributed by atoms with Crippen LogP contribution in [0, 0.1) is 11.8 Å². The van der Waals surface area contributed by atoms with E-state index in [1.165, 1.54) is 63.8 Å². The van der Waals surface area contributed by atoms with E-state index in [1.54, 1.807) is 0 Å². The number of aromatic hydroxyl groups is 1. The number of benzene rings is 1. The Kier molecular flexibility index (Phi) is 28.5. The van der Waals surface area contributed by atoms with Gasteiger partial charge >= 0.3 is 0 Å². The van der Waals surface area contributed by atoms with Gasteiger partial charge in [-0.15, -0.1) is 0 Å². The van der Waals surface area contributed by atoms with E-state index in [-0.39, 0.29) is 82.0 Å². The molecule has 2 unspecified atom stereocenters. The fraction of sp³-hybridized carbons (Fsp3) is 0.750. The number of aliphatic hydroxyl groups excluding tert-OH is 5. The van der Waals surface area contributed by atoms with Gasteiger partial charge in [-0.2, -0.15) is 0 Å². The van der Waals surface area contributed by atoms with E-state index in [9.17, 15) is 64.2 Å². The monoisotopic (exact) mass is 1060 g/mol. The van der Waals surface area contributed by atoms with Crippen molar-refractivity contribution in [1.82, 2.24) is 41.7 Å². The lowest BCUT2D eigenvalue weighted by Gasteiger charge is -2.35. The van der Waals surface area contributed by atoms with E-state index >= 15 is 0 Å². The van der Waals surface area contributed by atoms with Gasteiger partial charge < -0.3 is 78.5 Å². The summed E-state index contributed by atoms with van der Waals surface area (Å²) in [6, 6.07) is -2.95. The number of carbonyl (C=O) groups is 7. The molecule has 2 heterocycles. The molecular formula is C52H90N10O13. The van der Waals surface area contributed by atoms with Crippen molar-refractivity contribution in [2.24, 2.45) is 23.3 Å². The van der Waals surface area contributed by atoms with Gasteiger partial charge in [0.25, 0.3) is 0 Å². The van der Waals surface area contributed by atoms with Crippen LogP contribution >= 0.6 is 0 Å². The minimum Gasteiger partial charge on any atom is -0.508 e. The fourth-order valence-electron chi connectivity index (χ4n) is 9.64. The number of carbonyl (C=O) groups excluding carboxylic acids is 7. The summed E-state index contributed by atoms with van der Waals surface area (Å²) in [5, 5.41) is 80.6. The molecule has 2 saturated heterocycles. The number of phenolic OH excluding ortho intramolecular Hbond substituents is 1. The summed E-state index contributed by atoms with van der Waals surface area (Å²) < 4.78 is 0. The molecule has 2 aliphatic heterocycles. The number of amides is 7. The molecule has 3 rings (SSSR count). The van der Waals surface area contributed by atoms with Gasteiger partial charge in [0, 0.05) is 32.6 Å². The highest BCUT2D eigenvalue weighted by Crippen LogP contribution is 2.26. The number of nitrogens with one attached hydrogen (secondary N) is 6. The van der Waals surface area contributed by atoms with E-state index in [0.29, 0.717) is 18.8 Å². The third kappa shape index (κ3) is 20.8.